The van der Waals surface area contributed by atoms with Crippen molar-refractivity contribution in [3.05, 3.63) is 59.7 Å². The molecule has 0 fully saturated rings. The van der Waals surface area contributed by atoms with Crippen LogP contribution in [0.15, 0.2) is 52.9 Å². The second-order valence-electron chi connectivity index (χ2n) is 5.78. The lowest BCUT2D eigenvalue weighted by Crippen LogP contribution is -1.94. The molecule has 2 aromatic heterocycles. The maximum absolute atomic E-state index is 5.96. The summed E-state index contributed by atoms with van der Waals surface area (Å²) in [6.45, 7) is 4.19. The highest BCUT2D eigenvalue weighted by Crippen LogP contribution is 2.34. The van der Waals surface area contributed by atoms with Gasteiger partial charge in [-0.05, 0) is 49.2 Å². The molecule has 0 radical (unpaired) electrons. The van der Waals surface area contributed by atoms with Gasteiger partial charge in [-0.2, -0.15) is 0 Å². The van der Waals surface area contributed by atoms with Crippen LogP contribution in [-0.4, -0.2) is 12.1 Å². The van der Waals surface area contributed by atoms with Crippen LogP contribution in [0.3, 0.4) is 0 Å². The molecular weight excluding hydrogens is 286 g/mol. The third kappa shape index (κ3) is 2.16. The Balaban J connectivity index is 2.00. The lowest BCUT2D eigenvalue weighted by atomic mass is 10.0. The molecule has 0 aliphatic heterocycles. The van der Waals surface area contributed by atoms with E-state index in [1.165, 1.54) is 11.1 Å². The Kier molecular flexibility index (Phi) is 3.08. The van der Waals surface area contributed by atoms with E-state index in [4.69, 9.17) is 14.1 Å². The minimum atomic E-state index is 0.778. The van der Waals surface area contributed by atoms with E-state index >= 15 is 0 Å². The van der Waals surface area contributed by atoms with Crippen molar-refractivity contribution < 1.29 is 9.15 Å². The Morgan fingerprint density at radius 1 is 0.957 bits per heavy atom. The first-order valence-electron chi connectivity index (χ1n) is 7.61. The van der Waals surface area contributed by atoms with E-state index in [2.05, 4.69) is 26.0 Å². The summed E-state index contributed by atoms with van der Waals surface area (Å²) in [6.07, 6.45) is 0. The van der Waals surface area contributed by atoms with Crippen LogP contribution in [0.2, 0.25) is 0 Å². The highest BCUT2D eigenvalue weighted by atomic mass is 16.5. The quantitative estimate of drug-likeness (QED) is 0.506. The maximum Gasteiger partial charge on any atom is 0.153 e. The molecule has 4 rings (SSSR count). The Morgan fingerprint density at radius 3 is 2.57 bits per heavy atom. The monoisotopic (exact) mass is 303 g/mol. The summed E-state index contributed by atoms with van der Waals surface area (Å²) in [6, 6.07) is 16.1. The number of pyridine rings is 1. The number of aryl methyl sites for hydroxylation is 2. The summed E-state index contributed by atoms with van der Waals surface area (Å²) in [5, 5.41) is 2.22. The van der Waals surface area contributed by atoms with E-state index in [0.717, 1.165) is 39.1 Å². The Morgan fingerprint density at radius 2 is 1.78 bits per heavy atom. The van der Waals surface area contributed by atoms with Gasteiger partial charge < -0.3 is 9.15 Å². The number of furan rings is 1. The third-order valence-corrected chi connectivity index (χ3v) is 4.23. The summed E-state index contributed by atoms with van der Waals surface area (Å²) in [5.41, 5.74) is 4.94. The van der Waals surface area contributed by atoms with Crippen LogP contribution in [0.5, 0.6) is 5.75 Å². The van der Waals surface area contributed by atoms with Crippen molar-refractivity contribution in [3.8, 4) is 17.2 Å². The lowest BCUT2D eigenvalue weighted by molar-refractivity contribution is 0.419. The minimum absolute atomic E-state index is 0.778. The highest BCUT2D eigenvalue weighted by Gasteiger charge is 2.13. The van der Waals surface area contributed by atoms with E-state index in [1.54, 1.807) is 7.11 Å². The van der Waals surface area contributed by atoms with E-state index in [1.807, 2.05) is 36.4 Å². The van der Waals surface area contributed by atoms with Gasteiger partial charge in [-0.3, -0.25) is 0 Å². The molecule has 4 aromatic rings. The van der Waals surface area contributed by atoms with Gasteiger partial charge in [0.2, 0.25) is 0 Å². The molecule has 0 spiro atoms. The normalized spacial score (nSPS) is 11.3. The van der Waals surface area contributed by atoms with Crippen molar-refractivity contribution in [2.75, 3.05) is 7.11 Å². The fourth-order valence-corrected chi connectivity index (χ4v) is 3.11. The van der Waals surface area contributed by atoms with Crippen molar-refractivity contribution in [1.29, 1.82) is 0 Å². The third-order valence-electron chi connectivity index (χ3n) is 4.23. The van der Waals surface area contributed by atoms with E-state index in [9.17, 15) is 0 Å². The molecule has 0 atom stereocenters. The van der Waals surface area contributed by atoms with Crippen LogP contribution in [-0.2, 0) is 0 Å². The fourth-order valence-electron chi connectivity index (χ4n) is 3.11. The van der Waals surface area contributed by atoms with Gasteiger partial charge in [-0.1, -0.05) is 24.3 Å². The van der Waals surface area contributed by atoms with E-state index < -0.39 is 0 Å². The first-order chi connectivity index (χ1) is 11.2. The second-order valence-corrected chi connectivity index (χ2v) is 5.78. The van der Waals surface area contributed by atoms with Gasteiger partial charge >= 0.3 is 0 Å². The van der Waals surface area contributed by atoms with Gasteiger partial charge in [0, 0.05) is 10.8 Å². The molecular formula is C20H17NO2. The van der Waals surface area contributed by atoms with Crippen LogP contribution in [0.25, 0.3) is 33.3 Å². The fraction of sp³-hybridized carbons (Fsp3) is 0.150. The van der Waals surface area contributed by atoms with Gasteiger partial charge in [-0.25, -0.2) is 4.98 Å². The summed E-state index contributed by atoms with van der Waals surface area (Å²) >= 11 is 0. The number of methoxy groups -OCH3 is 1. The predicted octanol–water partition coefficient (Wildman–Crippen LogP) is 5.27. The average Bonchev–Trinajstić information content (AvgIpc) is 2.99. The van der Waals surface area contributed by atoms with Crippen LogP contribution < -0.4 is 4.74 Å². The summed E-state index contributed by atoms with van der Waals surface area (Å²) < 4.78 is 11.5. The smallest absolute Gasteiger partial charge is 0.153 e. The molecule has 23 heavy (non-hydrogen) atoms. The molecule has 0 unspecified atom stereocenters. The highest BCUT2D eigenvalue weighted by molar-refractivity contribution is 5.92. The van der Waals surface area contributed by atoms with Crippen molar-refractivity contribution in [1.82, 2.24) is 4.98 Å². The standard InChI is InChI=1S/C20H17NO2/c1-12-8-9-17(22-3)20-19(12)13(2)10-15(21-20)18-11-14-6-4-5-7-16(14)23-18/h4-11H,1-3H3. The number of fused-ring (bicyclic) bond motifs is 2. The molecule has 0 aliphatic rings. The number of hydrogen-bond acceptors (Lipinski definition) is 3. The molecule has 0 saturated carbocycles. The van der Waals surface area contributed by atoms with Crippen molar-refractivity contribution in [3.63, 3.8) is 0 Å². The lowest BCUT2D eigenvalue weighted by Gasteiger charge is -2.11. The summed E-state index contributed by atoms with van der Waals surface area (Å²) in [7, 11) is 1.68. The van der Waals surface area contributed by atoms with Crippen molar-refractivity contribution in [2.45, 2.75) is 13.8 Å². The van der Waals surface area contributed by atoms with Gasteiger partial charge in [-0.15, -0.1) is 0 Å². The van der Waals surface area contributed by atoms with Gasteiger partial charge in [0.05, 0.1) is 7.11 Å². The number of nitrogens with zero attached hydrogens (tertiary/aromatic N) is 1. The molecule has 0 amide bonds. The zero-order chi connectivity index (χ0) is 16.0. The number of hydrogen-bond donors (Lipinski definition) is 0. The van der Waals surface area contributed by atoms with E-state index in [0.29, 0.717) is 0 Å². The summed E-state index contributed by atoms with van der Waals surface area (Å²) in [4.78, 5) is 4.81. The average molecular weight is 303 g/mol. The SMILES string of the molecule is COc1ccc(C)c2c(C)cc(-c3cc4ccccc4o3)nc12. The Labute approximate surface area is 134 Å². The first kappa shape index (κ1) is 13.8. The molecule has 0 saturated heterocycles. The molecule has 0 N–H and O–H groups in total. The number of para-hydroxylation sites is 1. The molecule has 0 bridgehead atoms. The summed E-state index contributed by atoms with van der Waals surface area (Å²) in [5.74, 6) is 1.56. The zero-order valence-corrected chi connectivity index (χ0v) is 13.4. The van der Waals surface area contributed by atoms with Crippen LogP contribution in [0.1, 0.15) is 11.1 Å². The van der Waals surface area contributed by atoms with E-state index in [-0.39, 0.29) is 0 Å². The number of rotatable bonds is 2. The predicted molar refractivity (Wildman–Crippen MR) is 93.0 cm³/mol. The second kappa shape index (κ2) is 5.13. The minimum Gasteiger partial charge on any atom is -0.494 e. The van der Waals surface area contributed by atoms with Crippen molar-refractivity contribution >= 4 is 21.9 Å². The largest absolute Gasteiger partial charge is 0.494 e. The molecule has 3 nitrogen and oxygen atoms in total. The van der Waals surface area contributed by atoms with Crippen LogP contribution >= 0.6 is 0 Å². The molecule has 2 aromatic carbocycles. The Bertz CT molecular complexity index is 998. The van der Waals surface area contributed by atoms with Gasteiger partial charge in [0.25, 0.3) is 0 Å². The van der Waals surface area contributed by atoms with Crippen molar-refractivity contribution in [2.24, 2.45) is 0 Å². The zero-order valence-electron chi connectivity index (χ0n) is 13.4. The number of aromatic nitrogens is 1. The number of ether oxygens (including phenoxy) is 1. The first-order valence-corrected chi connectivity index (χ1v) is 7.61. The van der Waals surface area contributed by atoms with Gasteiger partial charge in [0.1, 0.15) is 22.5 Å². The number of benzene rings is 2. The van der Waals surface area contributed by atoms with Crippen LogP contribution in [0, 0.1) is 13.8 Å². The van der Waals surface area contributed by atoms with Gasteiger partial charge in [0.15, 0.2) is 5.76 Å². The molecule has 3 heteroatoms. The molecule has 2 heterocycles. The maximum atomic E-state index is 5.96. The molecule has 0 aliphatic carbocycles. The topological polar surface area (TPSA) is 35.3 Å². The Hall–Kier alpha value is -2.81. The molecule has 114 valence electrons. The van der Waals surface area contributed by atoms with Crippen LogP contribution in [0.4, 0.5) is 0 Å².